The molecule has 1 aromatic heterocycles. The van der Waals surface area contributed by atoms with Gasteiger partial charge in [0.15, 0.2) is 5.82 Å². The van der Waals surface area contributed by atoms with E-state index in [4.69, 9.17) is 10.3 Å². The third-order valence-corrected chi connectivity index (χ3v) is 3.75. The first-order chi connectivity index (χ1) is 10.7. The highest BCUT2D eigenvalue weighted by Crippen LogP contribution is 2.30. The monoisotopic (exact) mass is 342 g/mol. The highest BCUT2D eigenvalue weighted by atomic mass is 35.5. The fourth-order valence-corrected chi connectivity index (χ4v) is 2.41. The molecular weight excluding hydrogens is 323 g/mol. The molecule has 0 spiro atoms. The van der Waals surface area contributed by atoms with Gasteiger partial charge in [0.05, 0.1) is 19.2 Å². The lowest BCUT2D eigenvalue weighted by atomic mass is 10.1. The summed E-state index contributed by atoms with van der Waals surface area (Å²) in [4.78, 5) is 6.32. The standard InChI is InChI=1S/C15H19FN4O2.ClH/c16-11-3-1-10(2-4-11)13(21)8-20(12-5-6-12)9-14-18-15(7-17)22-19-14;/h1-4,12-13,21H,5-9,17H2;1H. The summed E-state index contributed by atoms with van der Waals surface area (Å²) < 4.78 is 17.9. The van der Waals surface area contributed by atoms with Gasteiger partial charge in [-0.15, -0.1) is 12.4 Å². The van der Waals surface area contributed by atoms with Gasteiger partial charge in [0, 0.05) is 12.6 Å². The van der Waals surface area contributed by atoms with Crippen LogP contribution in [0.3, 0.4) is 0 Å². The van der Waals surface area contributed by atoms with E-state index >= 15 is 0 Å². The van der Waals surface area contributed by atoms with Gasteiger partial charge in [0.1, 0.15) is 5.82 Å². The van der Waals surface area contributed by atoms with Crippen LogP contribution in [-0.2, 0) is 13.1 Å². The van der Waals surface area contributed by atoms with Gasteiger partial charge in [-0.05, 0) is 30.5 Å². The number of rotatable bonds is 7. The number of benzene rings is 1. The van der Waals surface area contributed by atoms with Crippen LogP contribution in [0.5, 0.6) is 0 Å². The number of nitrogens with two attached hydrogens (primary N) is 1. The maximum Gasteiger partial charge on any atom is 0.240 e. The minimum Gasteiger partial charge on any atom is -0.387 e. The lowest BCUT2D eigenvalue weighted by molar-refractivity contribution is 0.102. The molecule has 6 nitrogen and oxygen atoms in total. The van der Waals surface area contributed by atoms with E-state index < -0.39 is 6.10 Å². The van der Waals surface area contributed by atoms with Crippen molar-refractivity contribution >= 4 is 12.4 Å². The van der Waals surface area contributed by atoms with Crippen LogP contribution in [0.15, 0.2) is 28.8 Å². The minimum absolute atomic E-state index is 0. The van der Waals surface area contributed by atoms with Crippen molar-refractivity contribution in [1.29, 1.82) is 0 Å². The minimum atomic E-state index is -0.679. The average molecular weight is 343 g/mol. The maximum absolute atomic E-state index is 12.9. The summed E-state index contributed by atoms with van der Waals surface area (Å²) in [5.74, 6) is 0.666. The molecule has 1 aliphatic carbocycles. The number of hydrogen-bond acceptors (Lipinski definition) is 6. The fraction of sp³-hybridized carbons (Fsp3) is 0.467. The Kier molecular flexibility index (Phi) is 6.06. The molecule has 1 atom stereocenters. The summed E-state index contributed by atoms with van der Waals surface area (Å²) in [5.41, 5.74) is 6.15. The zero-order valence-electron chi connectivity index (χ0n) is 12.6. The van der Waals surface area contributed by atoms with Crippen molar-refractivity contribution in [2.45, 2.75) is 38.1 Å². The van der Waals surface area contributed by atoms with Gasteiger partial charge in [0.2, 0.25) is 5.89 Å². The SMILES string of the molecule is Cl.NCc1nc(CN(CC(O)c2ccc(F)cc2)C2CC2)no1. The number of aliphatic hydroxyl groups is 1. The highest BCUT2D eigenvalue weighted by Gasteiger charge is 2.31. The lowest BCUT2D eigenvalue weighted by Gasteiger charge is -2.23. The predicted molar refractivity (Wildman–Crippen MR) is 84.2 cm³/mol. The van der Waals surface area contributed by atoms with Crippen LogP contribution in [0.2, 0.25) is 0 Å². The van der Waals surface area contributed by atoms with E-state index in [9.17, 15) is 9.50 Å². The molecule has 0 amide bonds. The number of halogens is 2. The van der Waals surface area contributed by atoms with Crippen molar-refractivity contribution in [1.82, 2.24) is 15.0 Å². The van der Waals surface area contributed by atoms with Crippen LogP contribution in [0, 0.1) is 5.82 Å². The zero-order chi connectivity index (χ0) is 15.5. The molecule has 1 unspecified atom stereocenters. The Balaban J connectivity index is 0.00000192. The normalized spacial score (nSPS) is 15.5. The molecule has 1 heterocycles. The molecule has 3 rings (SSSR count). The molecule has 1 aromatic carbocycles. The second-order valence-corrected chi connectivity index (χ2v) is 5.54. The molecule has 0 bridgehead atoms. The topological polar surface area (TPSA) is 88.4 Å². The summed E-state index contributed by atoms with van der Waals surface area (Å²) >= 11 is 0. The molecule has 1 saturated carbocycles. The lowest BCUT2D eigenvalue weighted by Crippen LogP contribution is -2.30. The van der Waals surface area contributed by atoms with Crippen LogP contribution in [0.1, 0.15) is 36.2 Å². The Morgan fingerprint density at radius 2 is 2.04 bits per heavy atom. The quantitative estimate of drug-likeness (QED) is 0.797. The first kappa shape index (κ1) is 17.8. The number of aliphatic hydroxyl groups excluding tert-OH is 1. The highest BCUT2D eigenvalue weighted by molar-refractivity contribution is 5.85. The van der Waals surface area contributed by atoms with E-state index in [1.54, 1.807) is 12.1 Å². The first-order valence-electron chi connectivity index (χ1n) is 7.35. The van der Waals surface area contributed by atoms with E-state index in [2.05, 4.69) is 15.0 Å². The number of nitrogens with zero attached hydrogens (tertiary/aromatic N) is 3. The van der Waals surface area contributed by atoms with E-state index in [0.717, 1.165) is 12.8 Å². The molecule has 126 valence electrons. The largest absolute Gasteiger partial charge is 0.387 e. The van der Waals surface area contributed by atoms with Crippen LogP contribution in [0.4, 0.5) is 4.39 Å². The Bertz CT molecular complexity index is 618. The Labute approximate surface area is 139 Å². The van der Waals surface area contributed by atoms with Crippen LogP contribution < -0.4 is 5.73 Å². The Hall–Kier alpha value is -1.54. The maximum atomic E-state index is 12.9. The first-order valence-corrected chi connectivity index (χ1v) is 7.35. The van der Waals surface area contributed by atoms with E-state index in [1.807, 2.05) is 0 Å². The summed E-state index contributed by atoms with van der Waals surface area (Å²) in [6.45, 7) is 1.17. The van der Waals surface area contributed by atoms with Gasteiger partial charge in [-0.2, -0.15) is 4.98 Å². The summed E-state index contributed by atoms with van der Waals surface area (Å²) in [5, 5.41) is 14.2. The molecular formula is C15H20ClFN4O2. The van der Waals surface area contributed by atoms with E-state index in [-0.39, 0.29) is 24.8 Å². The van der Waals surface area contributed by atoms with Crippen molar-refractivity contribution in [3.8, 4) is 0 Å². The number of aromatic nitrogens is 2. The predicted octanol–water partition coefficient (Wildman–Crippen LogP) is 1.79. The van der Waals surface area contributed by atoms with Crippen LogP contribution >= 0.6 is 12.4 Å². The third kappa shape index (κ3) is 4.71. The van der Waals surface area contributed by atoms with Crippen LogP contribution in [-0.4, -0.2) is 32.7 Å². The molecule has 0 aliphatic heterocycles. The summed E-state index contributed by atoms with van der Waals surface area (Å²) in [6.07, 6.45) is 1.51. The third-order valence-electron chi connectivity index (χ3n) is 3.75. The van der Waals surface area contributed by atoms with Gasteiger partial charge >= 0.3 is 0 Å². The molecule has 23 heavy (non-hydrogen) atoms. The van der Waals surface area contributed by atoms with Crippen molar-refractivity contribution in [3.05, 3.63) is 47.4 Å². The van der Waals surface area contributed by atoms with Gasteiger partial charge in [0.25, 0.3) is 0 Å². The van der Waals surface area contributed by atoms with Crippen LogP contribution in [0.25, 0.3) is 0 Å². The molecule has 0 saturated heterocycles. The molecule has 3 N–H and O–H groups in total. The fourth-order valence-electron chi connectivity index (χ4n) is 2.41. The number of hydrogen-bond donors (Lipinski definition) is 2. The van der Waals surface area contributed by atoms with E-state index in [0.29, 0.717) is 36.4 Å². The van der Waals surface area contributed by atoms with Gasteiger partial charge in [-0.25, -0.2) is 4.39 Å². The molecule has 2 aromatic rings. The van der Waals surface area contributed by atoms with Crippen molar-refractivity contribution < 1.29 is 14.0 Å². The summed E-state index contributed by atoms with van der Waals surface area (Å²) in [6, 6.07) is 6.34. The van der Waals surface area contributed by atoms with Gasteiger partial charge < -0.3 is 15.4 Å². The Morgan fingerprint density at radius 1 is 1.35 bits per heavy atom. The molecule has 1 aliphatic rings. The van der Waals surface area contributed by atoms with Crippen molar-refractivity contribution in [3.63, 3.8) is 0 Å². The zero-order valence-corrected chi connectivity index (χ0v) is 13.4. The van der Waals surface area contributed by atoms with Gasteiger partial charge in [-0.1, -0.05) is 17.3 Å². The second-order valence-electron chi connectivity index (χ2n) is 5.54. The molecule has 1 fully saturated rings. The summed E-state index contributed by atoms with van der Waals surface area (Å²) in [7, 11) is 0. The van der Waals surface area contributed by atoms with Crippen molar-refractivity contribution in [2.75, 3.05) is 6.54 Å². The molecule has 8 heteroatoms. The molecule has 0 radical (unpaired) electrons. The van der Waals surface area contributed by atoms with Crippen molar-refractivity contribution in [2.24, 2.45) is 5.73 Å². The van der Waals surface area contributed by atoms with E-state index in [1.165, 1.54) is 12.1 Å². The smallest absolute Gasteiger partial charge is 0.240 e. The average Bonchev–Trinajstić information content (AvgIpc) is 3.27. The second kappa shape index (κ2) is 7.83. The Morgan fingerprint density at radius 3 is 2.61 bits per heavy atom. The van der Waals surface area contributed by atoms with Gasteiger partial charge in [-0.3, -0.25) is 4.90 Å².